The van der Waals surface area contributed by atoms with E-state index < -0.39 is 6.95 Å². The van der Waals surface area contributed by atoms with Gasteiger partial charge in [0.25, 0.3) is 0 Å². The van der Waals surface area contributed by atoms with E-state index in [0.717, 1.165) is 30.5 Å². The number of hydrogen-bond donors (Lipinski definition) is 0. The van der Waals surface area contributed by atoms with Crippen molar-refractivity contribution in [1.29, 1.82) is 0 Å². The fourth-order valence-electron chi connectivity index (χ4n) is 3.29. The van der Waals surface area contributed by atoms with Gasteiger partial charge in [0.1, 0.15) is 6.54 Å². The van der Waals surface area contributed by atoms with Crippen LogP contribution in [0.3, 0.4) is 0 Å². The molecule has 0 spiro atoms. The van der Waals surface area contributed by atoms with Gasteiger partial charge in [-0.15, -0.1) is 0 Å². The molecular formula is C14H20ClNO3P+. The molecule has 0 radical (unpaired) electrons. The lowest BCUT2D eigenvalue weighted by atomic mass is 9.93. The van der Waals surface area contributed by atoms with Crippen molar-refractivity contribution >= 4 is 18.2 Å². The Morgan fingerprint density at radius 3 is 2.90 bits per heavy atom. The van der Waals surface area contributed by atoms with Crippen molar-refractivity contribution in [3.63, 3.8) is 0 Å². The van der Waals surface area contributed by atoms with Gasteiger partial charge in [0.2, 0.25) is 0 Å². The third kappa shape index (κ3) is 3.26. The molecule has 2 aliphatic heterocycles. The first-order chi connectivity index (χ1) is 9.46. The molecule has 0 amide bonds. The van der Waals surface area contributed by atoms with Gasteiger partial charge in [0.05, 0.1) is 38.8 Å². The van der Waals surface area contributed by atoms with Gasteiger partial charge in [-0.1, -0.05) is 30.3 Å². The average molecular weight is 317 g/mol. The Kier molecular flexibility index (Phi) is 3.95. The fraction of sp³-hybridized carbons (Fsp3) is 0.571. The highest BCUT2D eigenvalue weighted by molar-refractivity contribution is 7.81. The number of halogens is 1. The van der Waals surface area contributed by atoms with E-state index in [9.17, 15) is 4.57 Å². The van der Waals surface area contributed by atoms with Crippen molar-refractivity contribution in [1.82, 2.24) is 0 Å². The van der Waals surface area contributed by atoms with E-state index in [-0.39, 0.29) is 12.0 Å². The van der Waals surface area contributed by atoms with Crippen LogP contribution in [-0.4, -0.2) is 37.3 Å². The first-order valence-corrected chi connectivity index (χ1v) is 9.41. The Balaban J connectivity index is 1.68. The molecule has 2 unspecified atom stereocenters. The molecule has 20 heavy (non-hydrogen) atoms. The Bertz CT molecular complexity index is 526. The van der Waals surface area contributed by atoms with Crippen molar-refractivity contribution < 1.29 is 18.1 Å². The second-order valence-electron chi connectivity index (χ2n) is 6.09. The molecule has 2 aliphatic rings. The second-order valence-corrected chi connectivity index (χ2v) is 8.66. The first kappa shape index (κ1) is 14.6. The zero-order valence-electron chi connectivity index (χ0n) is 11.6. The molecule has 2 fully saturated rings. The maximum Gasteiger partial charge on any atom is 0.424 e. The van der Waals surface area contributed by atoms with Gasteiger partial charge in [-0.25, -0.2) is 4.57 Å². The predicted octanol–water partition coefficient (Wildman–Crippen LogP) is 3.42. The summed E-state index contributed by atoms with van der Waals surface area (Å²) >= 11 is 5.70. The molecule has 1 aromatic carbocycles. The SMILES string of the molecule is C[N+]1(Cc2ccccc2)CC[C@@H]2OP(=O)(Cl)OC[C@H]2C1. The molecule has 4 nitrogen and oxygen atoms in total. The summed E-state index contributed by atoms with van der Waals surface area (Å²) in [4.78, 5) is 0. The monoisotopic (exact) mass is 316 g/mol. The van der Waals surface area contributed by atoms with Gasteiger partial charge >= 0.3 is 6.95 Å². The summed E-state index contributed by atoms with van der Waals surface area (Å²) in [7, 11) is 2.26. The molecule has 0 aliphatic carbocycles. The summed E-state index contributed by atoms with van der Waals surface area (Å²) in [6.45, 7) is 0.0978. The molecule has 0 saturated carbocycles. The van der Waals surface area contributed by atoms with E-state index in [4.69, 9.17) is 20.3 Å². The normalized spacial score (nSPS) is 41.1. The molecule has 3 rings (SSSR count). The third-order valence-electron chi connectivity index (χ3n) is 4.27. The van der Waals surface area contributed by atoms with Crippen LogP contribution in [0, 0.1) is 5.92 Å². The number of benzene rings is 1. The molecule has 1 aromatic rings. The predicted molar refractivity (Wildman–Crippen MR) is 78.5 cm³/mol. The van der Waals surface area contributed by atoms with Gasteiger partial charge in [-0.05, 0) is 0 Å². The van der Waals surface area contributed by atoms with Crippen LogP contribution in [0.2, 0.25) is 0 Å². The van der Waals surface area contributed by atoms with E-state index >= 15 is 0 Å². The molecule has 0 aromatic heterocycles. The van der Waals surface area contributed by atoms with Crippen LogP contribution < -0.4 is 0 Å². The van der Waals surface area contributed by atoms with Crippen molar-refractivity contribution in [3.05, 3.63) is 35.9 Å². The maximum absolute atomic E-state index is 11.7. The topological polar surface area (TPSA) is 35.5 Å². The summed E-state index contributed by atoms with van der Waals surface area (Å²) in [6, 6.07) is 10.5. The number of rotatable bonds is 2. The molecule has 110 valence electrons. The van der Waals surface area contributed by atoms with E-state index in [2.05, 4.69) is 31.3 Å². The minimum atomic E-state index is -3.32. The average Bonchev–Trinajstić information content (AvgIpc) is 2.40. The van der Waals surface area contributed by atoms with Crippen LogP contribution in [0.4, 0.5) is 0 Å². The summed E-state index contributed by atoms with van der Waals surface area (Å²) < 4.78 is 23.2. The number of hydrogen-bond acceptors (Lipinski definition) is 3. The van der Waals surface area contributed by atoms with E-state index in [0.29, 0.717) is 6.61 Å². The van der Waals surface area contributed by atoms with Crippen LogP contribution in [0.1, 0.15) is 12.0 Å². The van der Waals surface area contributed by atoms with Crippen LogP contribution in [0.5, 0.6) is 0 Å². The number of likely N-dealkylation sites (tertiary alicyclic amines) is 1. The summed E-state index contributed by atoms with van der Waals surface area (Å²) in [5.41, 5.74) is 1.34. The standard InChI is InChI=1S/C14H20ClNO3P/c1-16(9-12-5-3-2-4-6-12)8-7-14-13(10-16)11-18-20(15,17)19-14/h2-6,13-14H,7-11H2,1H3/q+1/t13-,14+,16?,20?/m1/s1. The van der Waals surface area contributed by atoms with Gasteiger partial charge in [-0.3, -0.25) is 9.05 Å². The highest BCUT2D eigenvalue weighted by atomic mass is 35.7. The van der Waals surface area contributed by atoms with Crippen LogP contribution in [0.15, 0.2) is 30.3 Å². The van der Waals surface area contributed by atoms with E-state index in [1.807, 2.05) is 6.07 Å². The lowest BCUT2D eigenvalue weighted by Crippen LogP contribution is -2.56. The zero-order chi connectivity index (χ0) is 14.2. The lowest BCUT2D eigenvalue weighted by Gasteiger charge is -2.46. The van der Waals surface area contributed by atoms with Crippen LogP contribution in [-0.2, 0) is 20.2 Å². The quantitative estimate of drug-likeness (QED) is 0.619. The molecule has 0 N–H and O–H groups in total. The van der Waals surface area contributed by atoms with E-state index in [1.54, 1.807) is 0 Å². The summed E-state index contributed by atoms with van der Waals surface area (Å²) in [6.07, 6.45) is 0.864. The van der Waals surface area contributed by atoms with E-state index in [1.165, 1.54) is 5.56 Å². The minimum Gasteiger partial charge on any atom is -0.322 e. The summed E-state index contributed by atoms with van der Waals surface area (Å²) in [5.74, 6) is 0.276. The van der Waals surface area contributed by atoms with Crippen molar-refractivity contribution in [3.8, 4) is 0 Å². The molecule has 6 heteroatoms. The third-order valence-corrected chi connectivity index (χ3v) is 5.78. The molecule has 0 bridgehead atoms. The molecular weight excluding hydrogens is 297 g/mol. The van der Waals surface area contributed by atoms with Gasteiger partial charge in [-0.2, -0.15) is 0 Å². The second kappa shape index (κ2) is 5.43. The Labute approximate surface area is 124 Å². The van der Waals surface area contributed by atoms with Crippen LogP contribution >= 0.6 is 18.2 Å². The van der Waals surface area contributed by atoms with Crippen molar-refractivity contribution in [2.24, 2.45) is 5.92 Å². The largest absolute Gasteiger partial charge is 0.424 e. The smallest absolute Gasteiger partial charge is 0.322 e. The highest BCUT2D eigenvalue weighted by Gasteiger charge is 2.45. The summed E-state index contributed by atoms with van der Waals surface area (Å²) in [5, 5.41) is 0. The van der Waals surface area contributed by atoms with Crippen molar-refractivity contribution in [2.75, 3.05) is 26.7 Å². The maximum atomic E-state index is 11.7. The number of piperidine rings is 1. The zero-order valence-corrected chi connectivity index (χ0v) is 13.2. The van der Waals surface area contributed by atoms with Gasteiger partial charge in [0, 0.05) is 23.2 Å². The first-order valence-electron chi connectivity index (χ1n) is 6.96. The number of quaternary nitrogens is 1. The minimum absolute atomic E-state index is 0.0194. The van der Waals surface area contributed by atoms with Gasteiger partial charge in [0.15, 0.2) is 0 Å². The Morgan fingerprint density at radius 1 is 1.40 bits per heavy atom. The lowest BCUT2D eigenvalue weighted by molar-refractivity contribution is -0.931. The molecule has 2 saturated heterocycles. The molecule has 4 atom stereocenters. The highest BCUT2D eigenvalue weighted by Crippen LogP contribution is 2.59. The fourth-order valence-corrected chi connectivity index (χ4v) is 4.80. The molecule has 2 heterocycles. The Morgan fingerprint density at radius 2 is 2.15 bits per heavy atom. The number of nitrogens with zero attached hydrogens (tertiary/aromatic N) is 1. The van der Waals surface area contributed by atoms with Gasteiger partial charge < -0.3 is 4.48 Å². The van der Waals surface area contributed by atoms with Crippen molar-refractivity contribution in [2.45, 2.75) is 19.1 Å². The Hall–Kier alpha value is -0.380. The number of fused-ring (bicyclic) bond motifs is 1. The van der Waals surface area contributed by atoms with Crippen LogP contribution in [0.25, 0.3) is 0 Å².